The van der Waals surface area contributed by atoms with E-state index in [2.05, 4.69) is 10.0 Å². The second-order valence-corrected chi connectivity index (χ2v) is 7.93. The Morgan fingerprint density at radius 2 is 2.05 bits per heavy atom. The Bertz CT molecular complexity index is 498. The van der Waals surface area contributed by atoms with Crippen LogP contribution in [0.5, 0.6) is 0 Å². The van der Waals surface area contributed by atoms with Crippen LogP contribution in [-0.4, -0.2) is 34.7 Å². The lowest BCUT2D eigenvalue weighted by molar-refractivity contribution is 0.192. The fourth-order valence-electron chi connectivity index (χ4n) is 1.83. The van der Waals surface area contributed by atoms with E-state index < -0.39 is 10.0 Å². The third-order valence-electron chi connectivity index (χ3n) is 2.98. The normalized spacial score (nSPS) is 12.2. The molecule has 0 aliphatic rings. The molecule has 0 amide bonds. The maximum atomic E-state index is 12.3. The van der Waals surface area contributed by atoms with Gasteiger partial charge in [-0.3, -0.25) is 0 Å². The van der Waals surface area contributed by atoms with Crippen LogP contribution in [0.4, 0.5) is 0 Å². The Morgan fingerprint density at radius 3 is 2.71 bits per heavy atom. The topological polar surface area (TPSA) is 67.4 Å². The van der Waals surface area contributed by atoms with Crippen molar-refractivity contribution in [2.75, 3.05) is 20.3 Å². The molecule has 0 bridgehead atoms. The molecule has 0 aliphatic carbocycles. The standard InChI is InChI=1S/C14H26N2O3S2/c1-12(2)15-11-13-14(7-10-20-13)21(17,18)16-8-5-4-6-9-19-3/h7,10,12,15-16H,4-6,8-9,11H2,1-3H3. The van der Waals surface area contributed by atoms with E-state index in [0.29, 0.717) is 24.0 Å². The van der Waals surface area contributed by atoms with Crippen molar-refractivity contribution in [3.05, 3.63) is 16.3 Å². The van der Waals surface area contributed by atoms with Crippen molar-refractivity contribution < 1.29 is 13.2 Å². The highest BCUT2D eigenvalue weighted by Crippen LogP contribution is 2.21. The summed E-state index contributed by atoms with van der Waals surface area (Å²) in [5.41, 5.74) is 0. The highest BCUT2D eigenvalue weighted by atomic mass is 32.2. The van der Waals surface area contributed by atoms with E-state index in [4.69, 9.17) is 4.74 Å². The summed E-state index contributed by atoms with van der Waals surface area (Å²) in [6.07, 6.45) is 2.74. The second-order valence-electron chi connectivity index (χ2n) is 5.19. The molecule has 0 fully saturated rings. The summed E-state index contributed by atoms with van der Waals surface area (Å²) in [5, 5.41) is 5.08. The van der Waals surface area contributed by atoms with Crippen molar-refractivity contribution in [1.82, 2.24) is 10.0 Å². The average Bonchev–Trinajstić information content (AvgIpc) is 2.89. The molecule has 1 aromatic heterocycles. The molecule has 21 heavy (non-hydrogen) atoms. The van der Waals surface area contributed by atoms with E-state index in [1.54, 1.807) is 13.2 Å². The monoisotopic (exact) mass is 334 g/mol. The molecule has 1 rings (SSSR count). The Hall–Kier alpha value is -0.470. The number of hydrogen-bond donors (Lipinski definition) is 2. The Morgan fingerprint density at radius 1 is 1.29 bits per heavy atom. The molecule has 0 aliphatic heterocycles. The van der Waals surface area contributed by atoms with E-state index in [1.165, 1.54) is 11.3 Å². The first-order valence-electron chi connectivity index (χ1n) is 7.25. The zero-order valence-electron chi connectivity index (χ0n) is 13.0. The molecule has 0 atom stereocenters. The van der Waals surface area contributed by atoms with E-state index >= 15 is 0 Å². The zero-order chi connectivity index (χ0) is 15.7. The van der Waals surface area contributed by atoms with Gasteiger partial charge in [0.1, 0.15) is 0 Å². The van der Waals surface area contributed by atoms with Crippen LogP contribution in [0.25, 0.3) is 0 Å². The van der Waals surface area contributed by atoms with Gasteiger partial charge in [0.15, 0.2) is 0 Å². The minimum atomic E-state index is -3.40. The molecule has 2 N–H and O–H groups in total. The molecule has 0 saturated heterocycles. The number of unbranched alkanes of at least 4 members (excludes halogenated alkanes) is 2. The molecule has 1 heterocycles. The number of hydrogen-bond acceptors (Lipinski definition) is 5. The van der Waals surface area contributed by atoms with Gasteiger partial charge in [0.2, 0.25) is 10.0 Å². The summed E-state index contributed by atoms with van der Waals surface area (Å²) in [7, 11) is -1.73. The first kappa shape index (κ1) is 18.6. The molecular weight excluding hydrogens is 308 g/mol. The number of rotatable bonds is 11. The van der Waals surface area contributed by atoms with Gasteiger partial charge in [0, 0.05) is 37.7 Å². The zero-order valence-corrected chi connectivity index (χ0v) is 14.6. The molecule has 7 heteroatoms. The van der Waals surface area contributed by atoms with Crippen LogP contribution in [0.2, 0.25) is 0 Å². The third-order valence-corrected chi connectivity index (χ3v) is 5.58. The molecule has 0 saturated carbocycles. The molecule has 1 aromatic rings. The van der Waals surface area contributed by atoms with Gasteiger partial charge in [-0.2, -0.15) is 0 Å². The number of nitrogens with one attached hydrogen (secondary N) is 2. The molecule has 5 nitrogen and oxygen atoms in total. The van der Waals surface area contributed by atoms with Gasteiger partial charge in [-0.15, -0.1) is 11.3 Å². The van der Waals surface area contributed by atoms with Crippen molar-refractivity contribution in [3.8, 4) is 0 Å². The predicted molar refractivity (Wildman–Crippen MR) is 87.2 cm³/mol. The summed E-state index contributed by atoms with van der Waals surface area (Å²) in [6.45, 7) is 5.86. The first-order chi connectivity index (χ1) is 9.97. The number of ether oxygens (including phenoxy) is 1. The smallest absolute Gasteiger partial charge is 0.241 e. The van der Waals surface area contributed by atoms with Crippen LogP contribution >= 0.6 is 11.3 Å². The quantitative estimate of drug-likeness (QED) is 0.610. The van der Waals surface area contributed by atoms with E-state index in [1.807, 2.05) is 19.2 Å². The van der Waals surface area contributed by atoms with Gasteiger partial charge in [-0.1, -0.05) is 13.8 Å². The van der Waals surface area contributed by atoms with Crippen LogP contribution < -0.4 is 10.0 Å². The maximum Gasteiger partial charge on any atom is 0.241 e. The van der Waals surface area contributed by atoms with E-state index in [0.717, 1.165) is 30.7 Å². The van der Waals surface area contributed by atoms with Gasteiger partial charge in [-0.05, 0) is 30.7 Å². The largest absolute Gasteiger partial charge is 0.385 e. The number of methoxy groups -OCH3 is 1. The third kappa shape index (κ3) is 6.88. The average molecular weight is 335 g/mol. The first-order valence-corrected chi connectivity index (χ1v) is 9.62. The Balaban J connectivity index is 2.48. The van der Waals surface area contributed by atoms with Crippen LogP contribution in [0.3, 0.4) is 0 Å². The Labute approximate surface area is 132 Å². The van der Waals surface area contributed by atoms with Crippen LogP contribution in [0.15, 0.2) is 16.3 Å². The summed E-state index contributed by atoms with van der Waals surface area (Å²) in [4.78, 5) is 1.26. The van der Waals surface area contributed by atoms with Gasteiger partial charge < -0.3 is 10.1 Å². The lowest BCUT2D eigenvalue weighted by Crippen LogP contribution is -2.27. The van der Waals surface area contributed by atoms with Gasteiger partial charge >= 0.3 is 0 Å². The molecule has 0 spiro atoms. The van der Waals surface area contributed by atoms with Crippen LogP contribution in [-0.2, 0) is 21.3 Å². The summed E-state index contributed by atoms with van der Waals surface area (Å²) >= 11 is 1.47. The SMILES string of the molecule is COCCCCCNS(=O)(=O)c1ccsc1CNC(C)C. The van der Waals surface area contributed by atoms with Crippen molar-refractivity contribution in [1.29, 1.82) is 0 Å². The molecule has 122 valence electrons. The molecule has 0 radical (unpaired) electrons. The summed E-state index contributed by atoms with van der Waals surface area (Å²) in [5.74, 6) is 0. The maximum absolute atomic E-state index is 12.3. The molecular formula is C14H26N2O3S2. The van der Waals surface area contributed by atoms with E-state index in [-0.39, 0.29) is 0 Å². The lowest BCUT2D eigenvalue weighted by Gasteiger charge is -2.10. The van der Waals surface area contributed by atoms with Crippen LogP contribution in [0, 0.1) is 0 Å². The van der Waals surface area contributed by atoms with Gasteiger partial charge in [0.25, 0.3) is 0 Å². The highest BCUT2D eigenvalue weighted by Gasteiger charge is 2.19. The molecule has 0 unspecified atom stereocenters. The van der Waals surface area contributed by atoms with Gasteiger partial charge in [0.05, 0.1) is 4.90 Å². The summed E-state index contributed by atoms with van der Waals surface area (Å²) < 4.78 is 32.2. The van der Waals surface area contributed by atoms with Gasteiger partial charge in [-0.25, -0.2) is 13.1 Å². The fourth-order valence-corrected chi connectivity index (χ4v) is 4.29. The summed E-state index contributed by atoms with van der Waals surface area (Å²) in [6, 6.07) is 2.01. The minimum absolute atomic E-state index is 0.330. The predicted octanol–water partition coefficient (Wildman–Crippen LogP) is 2.34. The van der Waals surface area contributed by atoms with Crippen molar-refractivity contribution >= 4 is 21.4 Å². The van der Waals surface area contributed by atoms with Crippen molar-refractivity contribution in [3.63, 3.8) is 0 Å². The Kier molecular flexibility index (Phi) is 8.43. The van der Waals surface area contributed by atoms with Crippen molar-refractivity contribution in [2.45, 2.75) is 50.6 Å². The van der Waals surface area contributed by atoms with Crippen LogP contribution in [0.1, 0.15) is 38.0 Å². The van der Waals surface area contributed by atoms with E-state index in [9.17, 15) is 8.42 Å². The second kappa shape index (κ2) is 9.53. The fraction of sp³-hybridized carbons (Fsp3) is 0.714. The van der Waals surface area contributed by atoms with Crippen molar-refractivity contribution in [2.24, 2.45) is 0 Å². The highest BCUT2D eigenvalue weighted by molar-refractivity contribution is 7.89. The number of thiophene rings is 1. The lowest BCUT2D eigenvalue weighted by atomic mass is 10.2. The number of sulfonamides is 1. The minimum Gasteiger partial charge on any atom is -0.385 e. The molecule has 0 aromatic carbocycles.